The van der Waals surface area contributed by atoms with E-state index in [2.05, 4.69) is 12.2 Å². The van der Waals surface area contributed by atoms with Crippen molar-refractivity contribution in [3.05, 3.63) is 35.9 Å². The molecule has 1 unspecified atom stereocenters. The Morgan fingerprint density at radius 2 is 2.10 bits per heavy atom. The molecule has 0 saturated carbocycles. The van der Waals surface area contributed by atoms with Gasteiger partial charge in [0, 0.05) is 13.1 Å². The van der Waals surface area contributed by atoms with E-state index in [9.17, 15) is 14.7 Å². The van der Waals surface area contributed by atoms with Gasteiger partial charge in [0.15, 0.2) is 6.04 Å². The quantitative estimate of drug-likeness (QED) is 0.886. The second kappa shape index (κ2) is 6.41. The van der Waals surface area contributed by atoms with Gasteiger partial charge in [-0.3, -0.25) is 0 Å². The zero-order valence-electron chi connectivity index (χ0n) is 11.6. The molecule has 20 heavy (non-hydrogen) atoms. The Morgan fingerprint density at radius 3 is 2.65 bits per heavy atom. The molecule has 2 N–H and O–H groups in total. The van der Waals surface area contributed by atoms with Crippen molar-refractivity contribution in [2.24, 2.45) is 5.92 Å². The van der Waals surface area contributed by atoms with Crippen molar-refractivity contribution in [2.75, 3.05) is 13.1 Å². The summed E-state index contributed by atoms with van der Waals surface area (Å²) in [6.45, 7) is 3.52. The molecular weight excluding hydrogens is 256 g/mol. The maximum Gasteiger partial charge on any atom is 0.330 e. The Hall–Kier alpha value is -2.04. The number of carboxylic acids is 1. The molecule has 2 amide bonds. The molecule has 0 spiro atoms. The maximum absolute atomic E-state index is 12.1. The van der Waals surface area contributed by atoms with Gasteiger partial charge < -0.3 is 15.3 Å². The summed E-state index contributed by atoms with van der Waals surface area (Å²) in [5.74, 6) is -0.517. The van der Waals surface area contributed by atoms with Crippen LogP contribution < -0.4 is 5.32 Å². The van der Waals surface area contributed by atoms with Crippen LogP contribution in [0.25, 0.3) is 0 Å². The van der Waals surface area contributed by atoms with Crippen molar-refractivity contribution < 1.29 is 14.7 Å². The highest BCUT2D eigenvalue weighted by Crippen LogP contribution is 2.20. The number of hydrogen-bond donors (Lipinski definition) is 2. The lowest BCUT2D eigenvalue weighted by Crippen LogP contribution is -2.42. The zero-order valence-corrected chi connectivity index (χ0v) is 11.6. The Bertz CT molecular complexity index is 475. The van der Waals surface area contributed by atoms with E-state index in [-0.39, 0.29) is 6.03 Å². The summed E-state index contributed by atoms with van der Waals surface area (Å²) >= 11 is 0. The SMILES string of the molecule is CCC1CCN(C(=O)N[C@@H](C(=O)O)c2ccccc2)C1. The number of nitrogens with zero attached hydrogens (tertiary/aromatic N) is 1. The first kappa shape index (κ1) is 14.4. The Balaban J connectivity index is 2.02. The highest BCUT2D eigenvalue weighted by atomic mass is 16.4. The molecule has 1 aliphatic rings. The van der Waals surface area contributed by atoms with Crippen LogP contribution in [0.2, 0.25) is 0 Å². The molecule has 1 fully saturated rings. The number of likely N-dealkylation sites (tertiary alicyclic amines) is 1. The van der Waals surface area contributed by atoms with Gasteiger partial charge in [-0.1, -0.05) is 43.7 Å². The molecule has 1 aromatic carbocycles. The number of hydrogen-bond acceptors (Lipinski definition) is 2. The van der Waals surface area contributed by atoms with Crippen molar-refractivity contribution in [1.82, 2.24) is 10.2 Å². The molecule has 0 bridgehead atoms. The topological polar surface area (TPSA) is 69.6 Å². The van der Waals surface area contributed by atoms with Crippen LogP contribution >= 0.6 is 0 Å². The van der Waals surface area contributed by atoms with Gasteiger partial charge in [-0.2, -0.15) is 0 Å². The fraction of sp³-hybridized carbons (Fsp3) is 0.467. The number of amides is 2. The fourth-order valence-corrected chi connectivity index (χ4v) is 2.50. The van der Waals surface area contributed by atoms with Gasteiger partial charge in [-0.25, -0.2) is 9.59 Å². The maximum atomic E-state index is 12.1. The zero-order chi connectivity index (χ0) is 14.5. The van der Waals surface area contributed by atoms with Crippen molar-refractivity contribution in [3.8, 4) is 0 Å². The largest absolute Gasteiger partial charge is 0.479 e. The summed E-state index contributed by atoms with van der Waals surface area (Å²) in [6.07, 6.45) is 2.04. The number of carbonyl (C=O) groups excluding carboxylic acids is 1. The van der Waals surface area contributed by atoms with E-state index in [4.69, 9.17) is 0 Å². The summed E-state index contributed by atoms with van der Waals surface area (Å²) in [4.78, 5) is 25.2. The molecular formula is C15H20N2O3. The molecule has 1 aromatic rings. The van der Waals surface area contributed by atoms with Crippen LogP contribution in [0.3, 0.4) is 0 Å². The Morgan fingerprint density at radius 1 is 1.40 bits per heavy atom. The molecule has 0 aliphatic carbocycles. The second-order valence-electron chi connectivity index (χ2n) is 5.14. The number of carboxylic acid groups (broad SMARTS) is 1. The molecule has 2 atom stereocenters. The number of benzene rings is 1. The van der Waals surface area contributed by atoms with Gasteiger partial charge in [0.25, 0.3) is 0 Å². The van der Waals surface area contributed by atoms with Crippen molar-refractivity contribution >= 4 is 12.0 Å². The van der Waals surface area contributed by atoms with Crippen LogP contribution in [0, 0.1) is 5.92 Å². The Kier molecular flexibility index (Phi) is 4.61. The fourth-order valence-electron chi connectivity index (χ4n) is 2.50. The van der Waals surface area contributed by atoms with Gasteiger partial charge in [0.2, 0.25) is 0 Å². The Labute approximate surface area is 118 Å². The van der Waals surface area contributed by atoms with Crippen LogP contribution in [0.5, 0.6) is 0 Å². The molecule has 0 radical (unpaired) electrons. The lowest BCUT2D eigenvalue weighted by molar-refractivity contribution is -0.139. The number of aliphatic carboxylic acids is 1. The van der Waals surface area contributed by atoms with Gasteiger partial charge in [0.1, 0.15) is 0 Å². The average Bonchev–Trinajstić information content (AvgIpc) is 2.94. The predicted octanol–water partition coefficient (Wildman–Crippen LogP) is 2.25. The standard InChI is InChI=1S/C15H20N2O3/c1-2-11-8-9-17(10-11)15(20)16-13(14(18)19)12-6-4-3-5-7-12/h3-7,11,13H,2,8-10H2,1H3,(H,16,20)(H,18,19)/t11?,13-/m1/s1. The van der Waals surface area contributed by atoms with Crippen molar-refractivity contribution in [3.63, 3.8) is 0 Å². The highest BCUT2D eigenvalue weighted by molar-refractivity contribution is 5.83. The van der Waals surface area contributed by atoms with Crippen LogP contribution in [0.15, 0.2) is 30.3 Å². The number of carbonyl (C=O) groups is 2. The first-order valence-corrected chi connectivity index (χ1v) is 6.95. The minimum absolute atomic E-state index is 0.294. The molecule has 1 heterocycles. The second-order valence-corrected chi connectivity index (χ2v) is 5.14. The number of urea groups is 1. The molecule has 1 aliphatic heterocycles. The number of nitrogens with one attached hydrogen (secondary N) is 1. The predicted molar refractivity (Wildman–Crippen MR) is 75.3 cm³/mol. The number of rotatable bonds is 4. The van der Waals surface area contributed by atoms with E-state index in [0.29, 0.717) is 24.6 Å². The first-order chi connectivity index (χ1) is 9.61. The van der Waals surface area contributed by atoms with Crippen LogP contribution in [-0.4, -0.2) is 35.1 Å². The van der Waals surface area contributed by atoms with Gasteiger partial charge in [0.05, 0.1) is 0 Å². The van der Waals surface area contributed by atoms with Crippen LogP contribution in [0.1, 0.15) is 31.4 Å². The highest BCUT2D eigenvalue weighted by Gasteiger charge is 2.29. The van der Waals surface area contributed by atoms with Crippen molar-refractivity contribution in [2.45, 2.75) is 25.8 Å². The summed E-state index contributed by atoms with van der Waals surface area (Å²) in [5.41, 5.74) is 0.583. The van der Waals surface area contributed by atoms with E-state index < -0.39 is 12.0 Å². The molecule has 1 saturated heterocycles. The molecule has 108 valence electrons. The van der Waals surface area contributed by atoms with E-state index >= 15 is 0 Å². The van der Waals surface area contributed by atoms with Gasteiger partial charge >= 0.3 is 12.0 Å². The average molecular weight is 276 g/mol. The lowest BCUT2D eigenvalue weighted by Gasteiger charge is -2.21. The monoisotopic (exact) mass is 276 g/mol. The molecule has 0 aromatic heterocycles. The summed E-state index contributed by atoms with van der Waals surface area (Å²) in [7, 11) is 0. The third kappa shape index (κ3) is 3.29. The third-order valence-electron chi connectivity index (χ3n) is 3.80. The van der Waals surface area contributed by atoms with Crippen molar-refractivity contribution in [1.29, 1.82) is 0 Å². The first-order valence-electron chi connectivity index (χ1n) is 6.95. The van der Waals surface area contributed by atoms with Gasteiger partial charge in [-0.15, -0.1) is 0 Å². The summed E-state index contributed by atoms with van der Waals surface area (Å²) in [6, 6.07) is 7.47. The third-order valence-corrected chi connectivity index (χ3v) is 3.80. The van der Waals surface area contributed by atoms with E-state index in [0.717, 1.165) is 12.8 Å². The van der Waals surface area contributed by atoms with Crippen LogP contribution in [0.4, 0.5) is 4.79 Å². The van der Waals surface area contributed by atoms with Crippen LogP contribution in [-0.2, 0) is 4.79 Å². The normalized spacial score (nSPS) is 19.6. The molecule has 5 nitrogen and oxygen atoms in total. The van der Waals surface area contributed by atoms with E-state index in [1.165, 1.54) is 0 Å². The molecule has 2 rings (SSSR count). The lowest BCUT2D eigenvalue weighted by atomic mass is 10.1. The summed E-state index contributed by atoms with van der Waals surface area (Å²) < 4.78 is 0. The van der Waals surface area contributed by atoms with E-state index in [1.54, 1.807) is 29.2 Å². The summed E-state index contributed by atoms with van der Waals surface area (Å²) in [5, 5.41) is 11.9. The minimum atomic E-state index is -1.05. The minimum Gasteiger partial charge on any atom is -0.479 e. The smallest absolute Gasteiger partial charge is 0.330 e. The molecule has 5 heteroatoms. The van der Waals surface area contributed by atoms with E-state index in [1.807, 2.05) is 6.07 Å². The van der Waals surface area contributed by atoms with Gasteiger partial charge in [-0.05, 0) is 17.9 Å².